The van der Waals surface area contributed by atoms with Gasteiger partial charge in [-0.25, -0.2) is 32.2 Å². The summed E-state index contributed by atoms with van der Waals surface area (Å²) in [6.45, 7) is 1.27. The summed E-state index contributed by atoms with van der Waals surface area (Å²) in [7, 11) is -3.31. The molecule has 0 saturated heterocycles. The van der Waals surface area contributed by atoms with Gasteiger partial charge in [-0.1, -0.05) is 6.92 Å². The Balaban J connectivity index is 2.20. The minimum atomic E-state index is -6.65. The Bertz CT molecular complexity index is 1310. The largest absolute Gasteiger partial charge is 0.434 e. The molecular formula is C19H15F8N5O2S. The zero-order valence-electron chi connectivity index (χ0n) is 17.7. The van der Waals surface area contributed by atoms with E-state index in [0.29, 0.717) is 4.57 Å². The van der Waals surface area contributed by atoms with Gasteiger partial charge in [0.1, 0.15) is 5.69 Å². The molecule has 0 aliphatic carbocycles. The number of pyridine rings is 1. The zero-order valence-corrected chi connectivity index (χ0v) is 18.5. The highest BCUT2D eigenvalue weighted by molar-refractivity contribution is 7.91. The molecule has 0 bridgehead atoms. The molecule has 0 radical (unpaired) electrons. The van der Waals surface area contributed by atoms with E-state index in [0.717, 1.165) is 19.3 Å². The Hall–Kier alpha value is -3.17. The summed E-state index contributed by atoms with van der Waals surface area (Å²) < 4.78 is 133. The third-order valence-corrected chi connectivity index (χ3v) is 6.80. The van der Waals surface area contributed by atoms with Gasteiger partial charge in [0, 0.05) is 31.2 Å². The smallest absolute Gasteiger partial charge is 0.327 e. The number of aromatic nitrogens is 5. The van der Waals surface area contributed by atoms with E-state index in [9.17, 15) is 43.5 Å². The monoisotopic (exact) mass is 529 g/mol. The van der Waals surface area contributed by atoms with Crippen molar-refractivity contribution < 1.29 is 43.5 Å². The second-order valence-electron chi connectivity index (χ2n) is 7.18. The van der Waals surface area contributed by atoms with Crippen LogP contribution in [0, 0.1) is 0 Å². The minimum Gasteiger partial charge on any atom is -0.327 e. The summed E-state index contributed by atoms with van der Waals surface area (Å²) in [5, 5.41) is 0. The highest BCUT2D eigenvalue weighted by atomic mass is 32.2. The van der Waals surface area contributed by atoms with Crippen LogP contribution in [0.4, 0.5) is 35.1 Å². The van der Waals surface area contributed by atoms with Crippen LogP contribution in [0.5, 0.6) is 0 Å². The fourth-order valence-corrected chi connectivity index (χ4v) is 4.16. The fourth-order valence-electron chi connectivity index (χ4n) is 3.11. The predicted molar refractivity (Wildman–Crippen MR) is 105 cm³/mol. The average molecular weight is 529 g/mol. The summed E-state index contributed by atoms with van der Waals surface area (Å²) in [4.78, 5) is 14.9. The number of halogens is 8. The molecule has 190 valence electrons. The van der Waals surface area contributed by atoms with E-state index in [1.165, 1.54) is 25.4 Å². The highest BCUT2D eigenvalue weighted by Gasteiger charge is 2.77. The van der Waals surface area contributed by atoms with Crippen LogP contribution in [-0.2, 0) is 16.9 Å². The van der Waals surface area contributed by atoms with Gasteiger partial charge in [0.05, 0.1) is 22.5 Å². The molecule has 7 nitrogen and oxygen atoms in total. The quantitative estimate of drug-likeness (QED) is 0.435. The average Bonchev–Trinajstić information content (AvgIpc) is 3.17. The van der Waals surface area contributed by atoms with Crippen molar-refractivity contribution in [2.24, 2.45) is 7.05 Å². The number of hydrogen-bond acceptors (Lipinski definition) is 6. The summed E-state index contributed by atoms with van der Waals surface area (Å²) in [6.07, 6.45) is -13.5. The number of sulfone groups is 1. The lowest BCUT2D eigenvalue weighted by Gasteiger charge is -2.32. The van der Waals surface area contributed by atoms with Crippen LogP contribution in [0.15, 0.2) is 41.8 Å². The van der Waals surface area contributed by atoms with Crippen molar-refractivity contribution in [3.8, 4) is 22.9 Å². The van der Waals surface area contributed by atoms with E-state index in [1.54, 1.807) is 0 Å². The normalized spacial score (nSPS) is 14.2. The molecule has 0 saturated carbocycles. The second-order valence-corrected chi connectivity index (χ2v) is 9.43. The number of nitrogens with zero attached hydrogens (tertiary/aromatic N) is 5. The van der Waals surface area contributed by atoms with Crippen LogP contribution < -0.4 is 0 Å². The molecule has 1 unspecified atom stereocenters. The Morgan fingerprint density at radius 3 is 2.03 bits per heavy atom. The maximum Gasteiger partial charge on any atom is 0.434 e. The number of rotatable bonds is 6. The zero-order chi connectivity index (χ0) is 26.4. The summed E-state index contributed by atoms with van der Waals surface area (Å²) in [5.74, 6) is -1.01. The SMILES string of the molecule is CCS(=O)(=O)c1cc(-c2ncccn2)cnc1-c1ncc(C(F)C(F)(C(F)(F)F)C(F)(F)F)n1C. The Morgan fingerprint density at radius 2 is 1.51 bits per heavy atom. The van der Waals surface area contributed by atoms with Crippen molar-refractivity contribution in [2.75, 3.05) is 5.75 Å². The van der Waals surface area contributed by atoms with E-state index in [2.05, 4.69) is 19.9 Å². The molecule has 16 heteroatoms. The molecule has 0 aliphatic rings. The molecule has 3 heterocycles. The van der Waals surface area contributed by atoms with Crippen LogP contribution >= 0.6 is 0 Å². The van der Waals surface area contributed by atoms with Gasteiger partial charge in [0.2, 0.25) is 0 Å². The first-order chi connectivity index (χ1) is 16.1. The first-order valence-electron chi connectivity index (χ1n) is 9.54. The van der Waals surface area contributed by atoms with E-state index >= 15 is 0 Å². The van der Waals surface area contributed by atoms with Crippen LogP contribution in [0.3, 0.4) is 0 Å². The Labute approximate surface area is 192 Å². The van der Waals surface area contributed by atoms with Crippen molar-refractivity contribution in [3.05, 3.63) is 42.6 Å². The summed E-state index contributed by atoms with van der Waals surface area (Å²) >= 11 is 0. The van der Waals surface area contributed by atoms with Gasteiger partial charge in [-0.05, 0) is 12.1 Å². The standard InChI is InChI=1S/C19H15F8N5O2S/c1-3-35(33,34)12-7-10(15-28-5-4-6-29-15)8-30-13(12)16-31-9-11(32(16)2)14(20)17(21,18(22,23)24)19(25,26)27/h4-9,14H,3H2,1-2H3. The van der Waals surface area contributed by atoms with E-state index in [-0.39, 0.29) is 17.6 Å². The first-order valence-corrected chi connectivity index (χ1v) is 11.2. The van der Waals surface area contributed by atoms with E-state index in [4.69, 9.17) is 0 Å². The van der Waals surface area contributed by atoms with Gasteiger partial charge < -0.3 is 4.57 Å². The Morgan fingerprint density at radius 1 is 0.943 bits per heavy atom. The first kappa shape index (κ1) is 26.4. The van der Waals surface area contributed by atoms with Gasteiger partial charge in [-0.2, -0.15) is 26.3 Å². The van der Waals surface area contributed by atoms with Crippen molar-refractivity contribution in [2.45, 2.75) is 36.0 Å². The maximum absolute atomic E-state index is 14.6. The summed E-state index contributed by atoms with van der Waals surface area (Å²) in [5.41, 5.74) is -8.06. The van der Waals surface area contributed by atoms with Gasteiger partial charge in [-0.15, -0.1) is 0 Å². The van der Waals surface area contributed by atoms with Gasteiger partial charge >= 0.3 is 18.0 Å². The summed E-state index contributed by atoms with van der Waals surface area (Å²) in [6, 6.07) is 2.58. The molecule has 0 aliphatic heterocycles. The van der Waals surface area contributed by atoms with Crippen LogP contribution in [-0.4, -0.2) is 56.7 Å². The number of alkyl halides is 8. The van der Waals surface area contributed by atoms with Crippen molar-refractivity contribution in [1.29, 1.82) is 0 Å². The van der Waals surface area contributed by atoms with Crippen LogP contribution in [0.2, 0.25) is 0 Å². The topological polar surface area (TPSA) is 90.6 Å². The van der Waals surface area contributed by atoms with Crippen LogP contribution in [0.1, 0.15) is 18.8 Å². The fraction of sp³-hybridized carbons (Fsp3) is 0.368. The predicted octanol–water partition coefficient (Wildman–Crippen LogP) is 4.58. The van der Waals surface area contributed by atoms with Gasteiger partial charge in [0.15, 0.2) is 27.7 Å². The second kappa shape index (κ2) is 8.80. The lowest BCUT2D eigenvalue weighted by molar-refractivity contribution is -0.359. The number of hydrogen-bond donors (Lipinski definition) is 0. The molecule has 0 amide bonds. The highest BCUT2D eigenvalue weighted by Crippen LogP contribution is 2.54. The van der Waals surface area contributed by atoms with Gasteiger partial charge in [0.25, 0.3) is 0 Å². The maximum atomic E-state index is 14.6. The lowest BCUT2D eigenvalue weighted by Crippen LogP contribution is -2.56. The molecular weight excluding hydrogens is 514 g/mol. The third kappa shape index (κ3) is 4.46. The number of imidazole rings is 1. The lowest BCUT2D eigenvalue weighted by atomic mass is 9.96. The van der Waals surface area contributed by atoms with Gasteiger partial charge in [-0.3, -0.25) is 4.98 Å². The van der Waals surface area contributed by atoms with Crippen molar-refractivity contribution >= 4 is 9.84 Å². The van der Waals surface area contributed by atoms with Crippen molar-refractivity contribution in [1.82, 2.24) is 24.5 Å². The molecule has 0 aromatic carbocycles. The molecule has 0 spiro atoms. The van der Waals surface area contributed by atoms with E-state index in [1.807, 2.05) is 0 Å². The third-order valence-electron chi connectivity index (χ3n) is 5.06. The van der Waals surface area contributed by atoms with Crippen molar-refractivity contribution in [3.63, 3.8) is 0 Å². The van der Waals surface area contributed by atoms with E-state index < -0.39 is 61.9 Å². The molecule has 0 fully saturated rings. The molecule has 35 heavy (non-hydrogen) atoms. The minimum absolute atomic E-state index is 0.0704. The Kier molecular flexibility index (Phi) is 6.65. The molecule has 3 rings (SSSR count). The molecule has 1 atom stereocenters. The van der Waals surface area contributed by atoms with Crippen LogP contribution in [0.25, 0.3) is 22.9 Å². The molecule has 3 aromatic rings. The molecule has 3 aromatic heterocycles. The molecule has 0 N–H and O–H groups in total.